The highest BCUT2D eigenvalue weighted by molar-refractivity contribution is 7.90. The van der Waals surface area contributed by atoms with E-state index in [1.54, 1.807) is 4.90 Å². The van der Waals surface area contributed by atoms with Crippen molar-refractivity contribution in [3.8, 4) is 0 Å². The Labute approximate surface area is 177 Å². The molecule has 0 spiro atoms. The molecule has 2 aliphatic heterocycles. The van der Waals surface area contributed by atoms with Crippen molar-refractivity contribution in [2.24, 2.45) is 5.92 Å². The summed E-state index contributed by atoms with van der Waals surface area (Å²) in [5.74, 6) is 0.110. The van der Waals surface area contributed by atoms with Crippen molar-refractivity contribution in [1.82, 2.24) is 9.80 Å². The molecule has 0 bridgehead atoms. The van der Waals surface area contributed by atoms with E-state index in [1.807, 2.05) is 0 Å². The van der Waals surface area contributed by atoms with Crippen LogP contribution in [0.4, 0.5) is 5.69 Å². The van der Waals surface area contributed by atoms with Crippen molar-refractivity contribution in [3.05, 3.63) is 33.9 Å². The molecule has 0 saturated carbocycles. The van der Waals surface area contributed by atoms with Crippen molar-refractivity contribution >= 4 is 21.4 Å². The lowest BCUT2D eigenvalue weighted by Gasteiger charge is -2.39. The number of benzene rings is 1. The Bertz CT molecular complexity index is 901. The number of hydrogen-bond acceptors (Lipinski definition) is 7. The Balaban J connectivity index is 1.65. The number of carbonyl (C=O) groups is 1. The molecular formula is C20H29N3O6S. The quantitative estimate of drug-likeness (QED) is 0.509. The molecule has 0 aliphatic carbocycles. The summed E-state index contributed by atoms with van der Waals surface area (Å²) in [4.78, 5) is 27.3. The van der Waals surface area contributed by atoms with Crippen LogP contribution in [0.3, 0.4) is 0 Å². The zero-order chi connectivity index (χ0) is 22.1. The largest absolute Gasteiger partial charge is 0.373 e. The number of carbonyl (C=O) groups excluding carboxylic acids is 1. The first kappa shape index (κ1) is 22.6. The lowest BCUT2D eigenvalue weighted by Crippen LogP contribution is -2.48. The van der Waals surface area contributed by atoms with E-state index in [0.29, 0.717) is 19.0 Å². The minimum absolute atomic E-state index is 0.0407. The van der Waals surface area contributed by atoms with Gasteiger partial charge in [-0.1, -0.05) is 0 Å². The standard InChI is InChI=1S/C20H29N3O6S/c1-14-11-21(12-15(2)29-14)13-16-4-6-22(7-5-16)20(24)17-8-18(23(25)26)10-19(9-17)30(3,27)28/h8-10,14-16H,4-7,11-13H2,1-3H3. The first-order chi connectivity index (χ1) is 14.0. The Morgan fingerprint density at radius 3 is 2.30 bits per heavy atom. The fourth-order valence-electron chi connectivity index (χ4n) is 4.33. The van der Waals surface area contributed by atoms with Crippen LogP contribution in [-0.4, -0.2) is 80.2 Å². The molecule has 0 aromatic heterocycles. The molecule has 2 saturated heterocycles. The molecule has 2 unspecified atom stereocenters. The van der Waals surface area contributed by atoms with E-state index < -0.39 is 20.4 Å². The second-order valence-electron chi connectivity index (χ2n) is 8.46. The number of nitro groups is 1. The number of piperidine rings is 1. The highest BCUT2D eigenvalue weighted by Crippen LogP contribution is 2.25. The Hall–Kier alpha value is -2.04. The summed E-state index contributed by atoms with van der Waals surface area (Å²) in [6.07, 6.45) is 3.10. The fourth-order valence-corrected chi connectivity index (χ4v) is 5.00. The lowest BCUT2D eigenvalue weighted by molar-refractivity contribution is -0.385. The zero-order valence-electron chi connectivity index (χ0n) is 17.6. The van der Waals surface area contributed by atoms with Crippen LogP contribution in [0, 0.1) is 16.0 Å². The molecule has 2 fully saturated rings. The first-order valence-corrected chi connectivity index (χ1v) is 12.1. The Morgan fingerprint density at radius 2 is 1.77 bits per heavy atom. The highest BCUT2D eigenvalue weighted by atomic mass is 32.2. The van der Waals surface area contributed by atoms with Gasteiger partial charge < -0.3 is 9.64 Å². The molecule has 1 aromatic rings. The van der Waals surface area contributed by atoms with E-state index >= 15 is 0 Å². The lowest BCUT2D eigenvalue weighted by atomic mass is 9.95. The van der Waals surface area contributed by atoms with Crippen molar-refractivity contribution in [2.45, 2.75) is 43.8 Å². The van der Waals surface area contributed by atoms with Gasteiger partial charge in [0.15, 0.2) is 9.84 Å². The van der Waals surface area contributed by atoms with Gasteiger partial charge in [0, 0.05) is 56.7 Å². The third kappa shape index (κ3) is 5.55. The minimum atomic E-state index is -3.67. The van der Waals surface area contributed by atoms with Gasteiger partial charge in [-0.25, -0.2) is 8.42 Å². The number of amides is 1. The summed E-state index contributed by atoms with van der Waals surface area (Å²) < 4.78 is 29.5. The predicted molar refractivity (Wildman–Crippen MR) is 111 cm³/mol. The van der Waals surface area contributed by atoms with Crippen molar-refractivity contribution in [1.29, 1.82) is 0 Å². The molecule has 1 amide bonds. The second kappa shape index (κ2) is 8.99. The summed E-state index contributed by atoms with van der Waals surface area (Å²) in [7, 11) is -3.67. The summed E-state index contributed by atoms with van der Waals surface area (Å²) in [5, 5.41) is 11.2. The van der Waals surface area contributed by atoms with Crippen molar-refractivity contribution in [2.75, 3.05) is 39.0 Å². The maximum Gasteiger partial charge on any atom is 0.271 e. The summed E-state index contributed by atoms with van der Waals surface area (Å²) in [6.45, 7) is 8.04. The van der Waals surface area contributed by atoms with E-state index in [-0.39, 0.29) is 28.6 Å². The van der Waals surface area contributed by atoms with Gasteiger partial charge in [-0.05, 0) is 38.7 Å². The van der Waals surface area contributed by atoms with Crippen LogP contribution >= 0.6 is 0 Å². The fraction of sp³-hybridized carbons (Fsp3) is 0.650. The normalized spacial score (nSPS) is 24.0. The van der Waals surface area contributed by atoms with Crippen molar-refractivity contribution in [3.63, 3.8) is 0 Å². The summed E-state index contributed by atoms with van der Waals surface area (Å²) in [5.41, 5.74) is -0.356. The third-order valence-electron chi connectivity index (χ3n) is 5.69. The third-order valence-corrected chi connectivity index (χ3v) is 6.78. The molecule has 3 rings (SSSR count). The van der Waals surface area contributed by atoms with E-state index in [4.69, 9.17) is 4.74 Å². The number of non-ortho nitro benzene ring substituents is 1. The van der Waals surface area contributed by atoms with Gasteiger partial charge in [0.2, 0.25) is 0 Å². The average molecular weight is 440 g/mol. The van der Waals surface area contributed by atoms with E-state index in [9.17, 15) is 23.3 Å². The van der Waals surface area contributed by atoms with Crippen LogP contribution in [-0.2, 0) is 14.6 Å². The number of morpholine rings is 1. The molecule has 0 N–H and O–H groups in total. The molecule has 2 heterocycles. The SMILES string of the molecule is CC1CN(CC2CCN(C(=O)c3cc([N+](=O)[O-])cc(S(C)(=O)=O)c3)CC2)CC(C)O1. The molecule has 2 atom stereocenters. The molecule has 1 aromatic carbocycles. The molecule has 30 heavy (non-hydrogen) atoms. The van der Waals surface area contributed by atoms with Gasteiger partial charge >= 0.3 is 0 Å². The minimum Gasteiger partial charge on any atom is -0.373 e. The topological polar surface area (TPSA) is 110 Å². The maximum atomic E-state index is 12.9. The van der Waals surface area contributed by atoms with Gasteiger partial charge in [-0.15, -0.1) is 0 Å². The van der Waals surface area contributed by atoms with Crippen LogP contribution in [0.25, 0.3) is 0 Å². The first-order valence-electron chi connectivity index (χ1n) is 10.2. The number of rotatable bonds is 5. The highest BCUT2D eigenvalue weighted by Gasteiger charge is 2.29. The van der Waals surface area contributed by atoms with Gasteiger partial charge in [0.25, 0.3) is 11.6 Å². The van der Waals surface area contributed by atoms with Crippen LogP contribution < -0.4 is 0 Å². The number of nitro benzene ring substituents is 1. The number of sulfone groups is 1. The smallest absolute Gasteiger partial charge is 0.271 e. The molecule has 10 heteroatoms. The second-order valence-corrected chi connectivity index (χ2v) is 10.5. The van der Waals surface area contributed by atoms with E-state index in [2.05, 4.69) is 18.7 Å². The van der Waals surface area contributed by atoms with Crippen LogP contribution in [0.2, 0.25) is 0 Å². The summed E-state index contributed by atoms with van der Waals surface area (Å²) in [6, 6.07) is 3.37. The number of hydrogen-bond donors (Lipinski definition) is 0. The molecule has 2 aliphatic rings. The van der Waals surface area contributed by atoms with Gasteiger partial charge in [0.1, 0.15) is 0 Å². The number of ether oxygens (including phenoxy) is 1. The van der Waals surface area contributed by atoms with Crippen LogP contribution in [0.5, 0.6) is 0 Å². The average Bonchev–Trinajstić information content (AvgIpc) is 2.66. The zero-order valence-corrected chi connectivity index (χ0v) is 18.4. The van der Waals surface area contributed by atoms with E-state index in [0.717, 1.165) is 50.9 Å². The molecule has 166 valence electrons. The Kier molecular flexibility index (Phi) is 6.78. The maximum absolute atomic E-state index is 12.9. The Morgan fingerprint density at radius 1 is 1.17 bits per heavy atom. The van der Waals surface area contributed by atoms with Gasteiger partial charge in [0.05, 0.1) is 22.0 Å². The van der Waals surface area contributed by atoms with Crippen LogP contribution in [0.15, 0.2) is 23.1 Å². The van der Waals surface area contributed by atoms with Crippen molar-refractivity contribution < 1.29 is 22.9 Å². The monoisotopic (exact) mass is 439 g/mol. The number of likely N-dealkylation sites (tertiary alicyclic amines) is 1. The van der Waals surface area contributed by atoms with Gasteiger partial charge in [-0.2, -0.15) is 0 Å². The predicted octanol–water partition coefficient (Wildman–Crippen LogP) is 1.96. The van der Waals surface area contributed by atoms with E-state index in [1.165, 1.54) is 6.07 Å². The van der Waals surface area contributed by atoms with Gasteiger partial charge in [-0.3, -0.25) is 19.8 Å². The number of nitrogens with zero attached hydrogens (tertiary/aromatic N) is 3. The molecule has 9 nitrogen and oxygen atoms in total. The molecule has 0 radical (unpaired) electrons. The van der Waals surface area contributed by atoms with Crippen LogP contribution in [0.1, 0.15) is 37.0 Å². The summed E-state index contributed by atoms with van der Waals surface area (Å²) >= 11 is 0. The molecular weight excluding hydrogens is 410 g/mol.